The Morgan fingerprint density at radius 2 is 1.90 bits per heavy atom. The molecule has 4 nitrogen and oxygen atoms in total. The van der Waals surface area contributed by atoms with Crippen LogP contribution in [0.25, 0.3) is 0 Å². The maximum Gasteiger partial charge on any atom is 0.243 e. The Morgan fingerprint density at radius 3 is 2.52 bits per heavy atom. The van der Waals surface area contributed by atoms with Gasteiger partial charge in [-0.1, -0.05) is 30.9 Å². The molecule has 2 rings (SSSR count). The van der Waals surface area contributed by atoms with Crippen LogP contribution in [0.5, 0.6) is 0 Å². The van der Waals surface area contributed by atoms with Gasteiger partial charge in [-0.3, -0.25) is 0 Å². The van der Waals surface area contributed by atoms with Crippen molar-refractivity contribution in [3.05, 3.63) is 22.7 Å². The molecule has 0 saturated heterocycles. The standard InChI is InChI=1S/C15H23ClN2O2S/c1-11-14(17)8-13(16)9-15(11)21(19,20)18(2)10-12-6-4-3-5-7-12/h8-9,12H,3-7,10,17H2,1-2H3. The van der Waals surface area contributed by atoms with Gasteiger partial charge in [0.25, 0.3) is 0 Å². The lowest BCUT2D eigenvalue weighted by Gasteiger charge is -2.27. The fourth-order valence-corrected chi connectivity index (χ4v) is 4.76. The van der Waals surface area contributed by atoms with Crippen molar-refractivity contribution in [2.75, 3.05) is 19.3 Å². The second-order valence-corrected chi connectivity index (χ2v) is 8.36. The molecule has 0 aromatic heterocycles. The first kappa shape index (κ1) is 16.6. The molecule has 1 aromatic rings. The molecule has 1 aliphatic rings. The molecular weight excluding hydrogens is 308 g/mol. The Kier molecular flexibility index (Phi) is 5.17. The van der Waals surface area contributed by atoms with Crippen LogP contribution in [0.3, 0.4) is 0 Å². The summed E-state index contributed by atoms with van der Waals surface area (Å²) < 4.78 is 26.9. The van der Waals surface area contributed by atoms with Crippen LogP contribution in [0.4, 0.5) is 5.69 Å². The second-order valence-electron chi connectivity index (χ2n) is 5.91. The van der Waals surface area contributed by atoms with E-state index >= 15 is 0 Å². The number of anilines is 1. The van der Waals surface area contributed by atoms with Crippen LogP contribution in [-0.4, -0.2) is 26.3 Å². The number of nitrogens with two attached hydrogens (primary N) is 1. The zero-order valence-corrected chi connectivity index (χ0v) is 14.2. The van der Waals surface area contributed by atoms with Gasteiger partial charge in [-0.05, 0) is 43.4 Å². The number of rotatable bonds is 4. The van der Waals surface area contributed by atoms with Crippen LogP contribution >= 0.6 is 11.6 Å². The van der Waals surface area contributed by atoms with Crippen molar-refractivity contribution in [1.82, 2.24) is 4.31 Å². The number of benzene rings is 1. The van der Waals surface area contributed by atoms with Gasteiger partial charge in [0.05, 0.1) is 4.90 Å². The molecule has 0 amide bonds. The van der Waals surface area contributed by atoms with Crippen LogP contribution in [0.1, 0.15) is 37.7 Å². The van der Waals surface area contributed by atoms with Crippen LogP contribution in [0.15, 0.2) is 17.0 Å². The summed E-state index contributed by atoms with van der Waals surface area (Å²) in [5, 5.41) is 0.350. The van der Waals surface area contributed by atoms with Gasteiger partial charge < -0.3 is 5.73 Å². The van der Waals surface area contributed by atoms with Gasteiger partial charge in [0, 0.05) is 24.3 Å². The minimum atomic E-state index is -3.55. The maximum atomic E-state index is 12.7. The zero-order valence-electron chi connectivity index (χ0n) is 12.6. The van der Waals surface area contributed by atoms with Crippen LogP contribution in [0.2, 0.25) is 5.02 Å². The number of hydrogen-bond acceptors (Lipinski definition) is 3. The third kappa shape index (κ3) is 3.71. The van der Waals surface area contributed by atoms with Gasteiger partial charge in [-0.25, -0.2) is 12.7 Å². The predicted octanol–water partition coefficient (Wildman–Crippen LogP) is 3.43. The van der Waals surface area contributed by atoms with Crippen molar-refractivity contribution in [3.8, 4) is 0 Å². The Hall–Kier alpha value is -0.780. The van der Waals surface area contributed by atoms with E-state index in [1.165, 1.54) is 29.6 Å². The lowest BCUT2D eigenvalue weighted by Crippen LogP contribution is -2.33. The summed E-state index contributed by atoms with van der Waals surface area (Å²) in [4.78, 5) is 0.214. The molecule has 1 aromatic carbocycles. The first-order valence-electron chi connectivity index (χ1n) is 7.34. The van der Waals surface area contributed by atoms with Gasteiger partial charge in [0.2, 0.25) is 10.0 Å². The van der Waals surface area contributed by atoms with E-state index in [2.05, 4.69) is 0 Å². The van der Waals surface area contributed by atoms with E-state index in [1.54, 1.807) is 20.0 Å². The maximum absolute atomic E-state index is 12.7. The number of nitrogen functional groups attached to an aromatic ring is 1. The first-order valence-corrected chi connectivity index (χ1v) is 9.16. The van der Waals surface area contributed by atoms with Gasteiger partial charge in [0.1, 0.15) is 0 Å². The Balaban J connectivity index is 2.24. The number of halogens is 1. The monoisotopic (exact) mass is 330 g/mol. The fraction of sp³-hybridized carbons (Fsp3) is 0.600. The smallest absolute Gasteiger partial charge is 0.243 e. The fourth-order valence-electron chi connectivity index (χ4n) is 2.94. The molecule has 1 aliphatic carbocycles. The molecule has 0 spiro atoms. The molecule has 0 bridgehead atoms. The normalized spacial score (nSPS) is 17.3. The quantitative estimate of drug-likeness (QED) is 0.860. The summed E-state index contributed by atoms with van der Waals surface area (Å²) in [5.74, 6) is 0.454. The summed E-state index contributed by atoms with van der Waals surface area (Å²) in [6, 6.07) is 3.07. The Bertz CT molecular complexity index is 610. The van der Waals surface area contributed by atoms with Gasteiger partial charge >= 0.3 is 0 Å². The third-order valence-corrected chi connectivity index (χ3v) is 6.46. The molecule has 0 unspecified atom stereocenters. The van der Waals surface area contributed by atoms with Crippen molar-refractivity contribution >= 4 is 27.3 Å². The average Bonchev–Trinajstić information content (AvgIpc) is 2.43. The van der Waals surface area contributed by atoms with Crippen molar-refractivity contribution in [1.29, 1.82) is 0 Å². The minimum Gasteiger partial charge on any atom is -0.398 e. The highest BCUT2D eigenvalue weighted by Crippen LogP contribution is 2.30. The van der Waals surface area contributed by atoms with E-state index in [0.29, 0.717) is 28.7 Å². The molecular formula is C15H23ClN2O2S. The molecule has 21 heavy (non-hydrogen) atoms. The van der Waals surface area contributed by atoms with E-state index < -0.39 is 10.0 Å². The van der Waals surface area contributed by atoms with Crippen molar-refractivity contribution in [3.63, 3.8) is 0 Å². The summed E-state index contributed by atoms with van der Waals surface area (Å²) in [6.07, 6.45) is 5.87. The first-order chi connectivity index (χ1) is 9.82. The molecule has 118 valence electrons. The highest BCUT2D eigenvalue weighted by molar-refractivity contribution is 7.89. The molecule has 1 fully saturated rings. The topological polar surface area (TPSA) is 63.4 Å². The average molecular weight is 331 g/mol. The van der Waals surface area contributed by atoms with Crippen molar-refractivity contribution in [2.24, 2.45) is 5.92 Å². The predicted molar refractivity (Wildman–Crippen MR) is 87.0 cm³/mol. The molecule has 0 aliphatic heterocycles. The largest absolute Gasteiger partial charge is 0.398 e. The van der Waals surface area contributed by atoms with Crippen LogP contribution < -0.4 is 5.73 Å². The number of hydrogen-bond donors (Lipinski definition) is 1. The number of nitrogens with zero attached hydrogens (tertiary/aromatic N) is 1. The lowest BCUT2D eigenvalue weighted by molar-refractivity contribution is 0.300. The SMILES string of the molecule is Cc1c(N)cc(Cl)cc1S(=O)(=O)N(C)CC1CCCCC1. The molecule has 6 heteroatoms. The van der Waals surface area contributed by atoms with E-state index in [0.717, 1.165) is 12.8 Å². The Labute approximate surface area is 132 Å². The van der Waals surface area contributed by atoms with Crippen LogP contribution in [0, 0.1) is 12.8 Å². The van der Waals surface area contributed by atoms with Crippen LogP contribution in [-0.2, 0) is 10.0 Å². The minimum absolute atomic E-state index is 0.214. The molecule has 2 N–H and O–H groups in total. The molecule has 0 heterocycles. The van der Waals surface area contributed by atoms with E-state index in [1.807, 2.05) is 0 Å². The van der Waals surface area contributed by atoms with E-state index in [9.17, 15) is 8.42 Å². The third-order valence-electron chi connectivity index (χ3n) is 4.29. The lowest BCUT2D eigenvalue weighted by atomic mass is 9.89. The second kappa shape index (κ2) is 6.55. The van der Waals surface area contributed by atoms with E-state index in [4.69, 9.17) is 17.3 Å². The summed E-state index contributed by atoms with van der Waals surface area (Å²) in [7, 11) is -1.91. The Morgan fingerprint density at radius 1 is 1.29 bits per heavy atom. The van der Waals surface area contributed by atoms with Crippen molar-refractivity contribution < 1.29 is 8.42 Å². The summed E-state index contributed by atoms with van der Waals surface area (Å²) >= 11 is 5.96. The summed E-state index contributed by atoms with van der Waals surface area (Å²) in [6.45, 7) is 2.28. The highest BCUT2D eigenvalue weighted by Gasteiger charge is 2.27. The summed E-state index contributed by atoms with van der Waals surface area (Å²) in [5.41, 5.74) is 6.81. The molecule has 0 atom stereocenters. The number of sulfonamides is 1. The highest BCUT2D eigenvalue weighted by atomic mass is 35.5. The van der Waals surface area contributed by atoms with Gasteiger partial charge in [-0.2, -0.15) is 0 Å². The zero-order chi connectivity index (χ0) is 15.6. The van der Waals surface area contributed by atoms with Gasteiger partial charge in [-0.15, -0.1) is 0 Å². The molecule has 0 radical (unpaired) electrons. The van der Waals surface area contributed by atoms with E-state index in [-0.39, 0.29) is 4.90 Å². The molecule has 1 saturated carbocycles. The van der Waals surface area contributed by atoms with Crippen molar-refractivity contribution in [2.45, 2.75) is 43.9 Å². The van der Waals surface area contributed by atoms with Gasteiger partial charge in [0.15, 0.2) is 0 Å².